The van der Waals surface area contributed by atoms with Crippen LogP contribution in [0.15, 0.2) is 24.3 Å². The quantitative estimate of drug-likeness (QED) is 0.819. The molecule has 1 N–H and O–H groups in total. The smallest absolute Gasteiger partial charge is 0.0923 e. The molecule has 1 heterocycles. The zero-order chi connectivity index (χ0) is 9.10. The number of aromatic amines is 1. The second kappa shape index (κ2) is 3.92. The molecular weight excluding hydrogens is 228 g/mol. The Morgan fingerprint density at radius 1 is 1.31 bits per heavy atom. The second-order valence-corrected chi connectivity index (χ2v) is 3.80. The Balaban J connectivity index is 2.35. The summed E-state index contributed by atoms with van der Waals surface area (Å²) in [5.74, 6) is 0. The fraction of sp³-hybridized carbons (Fsp3) is 0.300. The van der Waals surface area contributed by atoms with Gasteiger partial charge in [-0.05, 0) is 18.9 Å². The molecule has 0 aliphatic heterocycles. The molecule has 1 aromatic heterocycles. The van der Waals surface area contributed by atoms with Gasteiger partial charge in [0.1, 0.15) is 0 Å². The molecule has 68 valence electrons. The summed E-state index contributed by atoms with van der Waals surface area (Å²) in [6.07, 6.45) is 2.21. The van der Waals surface area contributed by atoms with Gasteiger partial charge < -0.3 is 0 Å². The predicted octanol–water partition coefficient (Wildman–Crippen LogP) is 2.89. The first-order valence-electron chi connectivity index (χ1n) is 4.40. The van der Waals surface area contributed by atoms with Crippen molar-refractivity contribution in [1.29, 1.82) is 0 Å². The number of fused-ring (bicyclic) bond motifs is 1. The maximum atomic E-state index is 4.23. The average Bonchev–Trinajstić information content (AvgIpc) is 2.58. The van der Waals surface area contributed by atoms with Crippen LogP contribution in [0.25, 0.3) is 10.9 Å². The van der Waals surface area contributed by atoms with Crippen LogP contribution in [0.5, 0.6) is 0 Å². The standard InChI is InChI=1S/C10H11BrN2/c11-7-3-6-10-8-4-1-2-5-9(8)12-13-10/h1-2,4-5H,3,6-7H2,(H,12,13). The number of nitrogens with one attached hydrogen (secondary N) is 1. The van der Waals surface area contributed by atoms with Crippen molar-refractivity contribution in [2.24, 2.45) is 0 Å². The van der Waals surface area contributed by atoms with Crippen molar-refractivity contribution in [1.82, 2.24) is 10.2 Å². The minimum absolute atomic E-state index is 1.04. The van der Waals surface area contributed by atoms with Gasteiger partial charge in [-0.25, -0.2) is 0 Å². The molecule has 0 spiro atoms. The van der Waals surface area contributed by atoms with Crippen LogP contribution in [0.4, 0.5) is 0 Å². The van der Waals surface area contributed by atoms with E-state index in [4.69, 9.17) is 0 Å². The van der Waals surface area contributed by atoms with Crippen LogP contribution in [0.1, 0.15) is 12.1 Å². The largest absolute Gasteiger partial charge is 0.281 e. The predicted molar refractivity (Wildman–Crippen MR) is 58.2 cm³/mol. The molecule has 0 fully saturated rings. The Hall–Kier alpha value is -0.830. The summed E-state index contributed by atoms with van der Waals surface area (Å²) >= 11 is 3.42. The van der Waals surface area contributed by atoms with Gasteiger partial charge in [0.2, 0.25) is 0 Å². The van der Waals surface area contributed by atoms with Crippen molar-refractivity contribution in [2.75, 3.05) is 5.33 Å². The lowest BCUT2D eigenvalue weighted by Crippen LogP contribution is -1.86. The van der Waals surface area contributed by atoms with Crippen molar-refractivity contribution in [3.8, 4) is 0 Å². The maximum absolute atomic E-state index is 4.23. The van der Waals surface area contributed by atoms with E-state index in [2.05, 4.69) is 38.3 Å². The molecule has 13 heavy (non-hydrogen) atoms. The third-order valence-electron chi connectivity index (χ3n) is 2.10. The number of H-pyrrole nitrogens is 1. The van der Waals surface area contributed by atoms with Crippen molar-refractivity contribution in [3.63, 3.8) is 0 Å². The SMILES string of the molecule is BrCCCc1[nH]nc2ccccc12. The van der Waals surface area contributed by atoms with Gasteiger partial charge >= 0.3 is 0 Å². The van der Waals surface area contributed by atoms with Crippen LogP contribution in [0.3, 0.4) is 0 Å². The van der Waals surface area contributed by atoms with Gasteiger partial charge in [-0.1, -0.05) is 34.1 Å². The van der Waals surface area contributed by atoms with Gasteiger partial charge in [0.25, 0.3) is 0 Å². The number of aromatic nitrogens is 2. The lowest BCUT2D eigenvalue weighted by molar-refractivity contribution is 0.886. The number of alkyl halides is 1. The first kappa shape index (κ1) is 8.75. The molecule has 0 aliphatic rings. The average molecular weight is 239 g/mol. The molecule has 2 rings (SSSR count). The van der Waals surface area contributed by atoms with Crippen LogP contribution >= 0.6 is 15.9 Å². The molecule has 0 saturated carbocycles. The molecular formula is C10H11BrN2. The number of hydrogen-bond donors (Lipinski definition) is 1. The van der Waals surface area contributed by atoms with Crippen molar-refractivity contribution in [3.05, 3.63) is 30.0 Å². The Labute approximate surface area is 85.5 Å². The first-order chi connectivity index (χ1) is 6.42. The number of para-hydroxylation sites is 1. The summed E-state index contributed by atoms with van der Waals surface area (Å²) < 4.78 is 0. The molecule has 0 atom stereocenters. The minimum atomic E-state index is 1.04. The molecule has 3 heteroatoms. The highest BCUT2D eigenvalue weighted by Gasteiger charge is 2.02. The van der Waals surface area contributed by atoms with Gasteiger partial charge in [-0.2, -0.15) is 5.10 Å². The topological polar surface area (TPSA) is 28.7 Å². The summed E-state index contributed by atoms with van der Waals surface area (Å²) in [6.45, 7) is 0. The molecule has 0 bridgehead atoms. The summed E-state index contributed by atoms with van der Waals surface area (Å²) in [5.41, 5.74) is 2.31. The van der Waals surface area contributed by atoms with Gasteiger partial charge in [0, 0.05) is 16.4 Å². The fourth-order valence-electron chi connectivity index (χ4n) is 1.45. The van der Waals surface area contributed by atoms with E-state index >= 15 is 0 Å². The summed E-state index contributed by atoms with van der Waals surface area (Å²) in [6, 6.07) is 8.21. The number of halogens is 1. The van der Waals surface area contributed by atoms with Crippen LogP contribution in [0, 0.1) is 0 Å². The molecule has 0 aliphatic carbocycles. The van der Waals surface area contributed by atoms with E-state index in [1.54, 1.807) is 0 Å². The highest BCUT2D eigenvalue weighted by molar-refractivity contribution is 9.09. The molecule has 2 nitrogen and oxygen atoms in total. The number of benzene rings is 1. The molecule has 2 aromatic rings. The molecule has 0 amide bonds. The summed E-state index contributed by atoms with van der Waals surface area (Å²) in [4.78, 5) is 0. The van der Waals surface area contributed by atoms with E-state index in [1.165, 1.54) is 11.1 Å². The third kappa shape index (κ3) is 1.75. The zero-order valence-electron chi connectivity index (χ0n) is 7.26. The zero-order valence-corrected chi connectivity index (χ0v) is 8.84. The Morgan fingerprint density at radius 3 is 3.00 bits per heavy atom. The van der Waals surface area contributed by atoms with E-state index in [9.17, 15) is 0 Å². The van der Waals surface area contributed by atoms with Crippen molar-refractivity contribution < 1.29 is 0 Å². The Bertz CT molecular complexity index is 394. The summed E-state index contributed by atoms with van der Waals surface area (Å²) in [5, 5.41) is 9.60. The van der Waals surface area contributed by atoms with Crippen molar-refractivity contribution in [2.45, 2.75) is 12.8 Å². The van der Waals surface area contributed by atoms with E-state index in [0.29, 0.717) is 0 Å². The first-order valence-corrected chi connectivity index (χ1v) is 5.52. The van der Waals surface area contributed by atoms with E-state index in [-0.39, 0.29) is 0 Å². The van der Waals surface area contributed by atoms with Gasteiger partial charge in [-0.3, -0.25) is 5.10 Å². The Kier molecular flexibility index (Phi) is 2.64. The Morgan fingerprint density at radius 2 is 2.15 bits per heavy atom. The number of nitrogens with zero attached hydrogens (tertiary/aromatic N) is 1. The van der Waals surface area contributed by atoms with Crippen LogP contribution in [-0.4, -0.2) is 15.5 Å². The molecule has 0 saturated heterocycles. The molecule has 0 unspecified atom stereocenters. The minimum Gasteiger partial charge on any atom is -0.281 e. The normalized spacial score (nSPS) is 10.8. The highest BCUT2D eigenvalue weighted by atomic mass is 79.9. The van der Waals surface area contributed by atoms with Gasteiger partial charge in [-0.15, -0.1) is 0 Å². The number of rotatable bonds is 3. The fourth-order valence-corrected chi connectivity index (χ4v) is 1.73. The van der Waals surface area contributed by atoms with E-state index in [1.807, 2.05) is 12.1 Å². The summed E-state index contributed by atoms with van der Waals surface area (Å²) in [7, 11) is 0. The second-order valence-electron chi connectivity index (χ2n) is 3.01. The number of hydrogen-bond acceptors (Lipinski definition) is 1. The van der Waals surface area contributed by atoms with E-state index < -0.39 is 0 Å². The van der Waals surface area contributed by atoms with Gasteiger partial charge in [0.05, 0.1) is 5.52 Å². The molecule has 0 radical (unpaired) electrons. The lowest BCUT2D eigenvalue weighted by atomic mass is 10.1. The van der Waals surface area contributed by atoms with Crippen molar-refractivity contribution >= 4 is 26.8 Å². The van der Waals surface area contributed by atoms with E-state index in [0.717, 1.165) is 23.7 Å². The number of aryl methyl sites for hydroxylation is 1. The molecule has 1 aromatic carbocycles. The van der Waals surface area contributed by atoms with Gasteiger partial charge in [0.15, 0.2) is 0 Å². The highest BCUT2D eigenvalue weighted by Crippen LogP contribution is 2.16. The monoisotopic (exact) mass is 238 g/mol. The maximum Gasteiger partial charge on any atom is 0.0923 e. The third-order valence-corrected chi connectivity index (χ3v) is 2.66. The lowest BCUT2D eigenvalue weighted by Gasteiger charge is -1.94. The van der Waals surface area contributed by atoms with Crippen LogP contribution in [-0.2, 0) is 6.42 Å². The van der Waals surface area contributed by atoms with Crippen LogP contribution < -0.4 is 0 Å². The van der Waals surface area contributed by atoms with Crippen LogP contribution in [0.2, 0.25) is 0 Å².